The molecule has 0 aliphatic rings. The lowest BCUT2D eigenvalue weighted by molar-refractivity contribution is -0.139. The number of aliphatic hydroxyl groups excluding tert-OH is 1. The fraction of sp³-hybridized carbons (Fsp3) is 0.176. The number of alkyl halides is 3. The summed E-state index contributed by atoms with van der Waals surface area (Å²) in [5, 5.41) is 19.7. The van der Waals surface area contributed by atoms with Gasteiger partial charge in [0.1, 0.15) is 0 Å². The van der Waals surface area contributed by atoms with Crippen LogP contribution in [0.15, 0.2) is 48.5 Å². The van der Waals surface area contributed by atoms with Gasteiger partial charge in [-0.25, -0.2) is 0 Å². The number of halogens is 3. The molecule has 3 N–H and O–H groups in total. The van der Waals surface area contributed by atoms with Gasteiger partial charge < -0.3 is 10.4 Å². The number of amides is 1. The van der Waals surface area contributed by atoms with Crippen molar-refractivity contribution in [3.63, 3.8) is 0 Å². The molecule has 1 heterocycles. The van der Waals surface area contributed by atoms with E-state index in [4.69, 9.17) is 0 Å². The van der Waals surface area contributed by atoms with Crippen molar-refractivity contribution in [3.05, 3.63) is 65.4 Å². The quantitative estimate of drug-likeness (QED) is 0.677. The van der Waals surface area contributed by atoms with Crippen LogP contribution in [0.2, 0.25) is 0 Å². The van der Waals surface area contributed by atoms with E-state index >= 15 is 0 Å². The van der Waals surface area contributed by atoms with Gasteiger partial charge in [0.2, 0.25) is 0 Å². The summed E-state index contributed by atoms with van der Waals surface area (Å²) in [6.07, 6.45) is -6.08. The third-order valence-electron chi connectivity index (χ3n) is 3.77. The van der Waals surface area contributed by atoms with Crippen LogP contribution in [-0.2, 0) is 6.18 Å². The molecule has 0 aliphatic heterocycles. The van der Waals surface area contributed by atoms with Crippen molar-refractivity contribution >= 4 is 16.8 Å². The Labute approximate surface area is 140 Å². The van der Waals surface area contributed by atoms with E-state index in [1.54, 1.807) is 24.3 Å². The predicted octanol–water partition coefficient (Wildman–Crippen LogP) is 3.05. The summed E-state index contributed by atoms with van der Waals surface area (Å²) in [6.45, 7) is -0.368. The standard InChI is InChI=1S/C17H14F3N3O2/c18-17(19,20)12-7-3-1-5-10(12)14(24)9-21-16(25)15-11-6-2-4-8-13(11)22-23-15/h1-8,14,24H,9H2,(H,21,25)(H,22,23). The Morgan fingerprint density at radius 1 is 1.16 bits per heavy atom. The average molecular weight is 349 g/mol. The fourth-order valence-corrected chi connectivity index (χ4v) is 2.57. The lowest BCUT2D eigenvalue weighted by Crippen LogP contribution is -2.29. The number of hydrogen-bond acceptors (Lipinski definition) is 3. The van der Waals surface area contributed by atoms with Crippen LogP contribution in [0.1, 0.15) is 27.7 Å². The average Bonchev–Trinajstić information content (AvgIpc) is 3.03. The molecule has 1 atom stereocenters. The molecule has 1 unspecified atom stereocenters. The third-order valence-corrected chi connectivity index (χ3v) is 3.77. The summed E-state index contributed by atoms with van der Waals surface area (Å²) >= 11 is 0. The van der Waals surface area contributed by atoms with Gasteiger partial charge in [-0.05, 0) is 17.7 Å². The van der Waals surface area contributed by atoms with E-state index in [-0.39, 0.29) is 17.8 Å². The first-order valence-electron chi connectivity index (χ1n) is 7.43. The molecule has 2 aromatic carbocycles. The highest BCUT2D eigenvalue weighted by molar-refractivity contribution is 6.04. The van der Waals surface area contributed by atoms with E-state index in [1.165, 1.54) is 18.2 Å². The smallest absolute Gasteiger partial charge is 0.387 e. The highest BCUT2D eigenvalue weighted by Crippen LogP contribution is 2.34. The summed E-state index contributed by atoms with van der Waals surface area (Å²) in [5.74, 6) is -0.582. The molecule has 0 saturated heterocycles. The number of rotatable bonds is 4. The second-order valence-electron chi connectivity index (χ2n) is 5.43. The topological polar surface area (TPSA) is 78.0 Å². The number of fused-ring (bicyclic) bond motifs is 1. The molecule has 0 spiro atoms. The van der Waals surface area contributed by atoms with E-state index < -0.39 is 23.8 Å². The zero-order valence-corrected chi connectivity index (χ0v) is 12.8. The first-order valence-corrected chi connectivity index (χ1v) is 7.43. The Morgan fingerprint density at radius 2 is 1.84 bits per heavy atom. The van der Waals surface area contributed by atoms with Crippen molar-refractivity contribution < 1.29 is 23.1 Å². The van der Waals surface area contributed by atoms with Crippen LogP contribution in [0.25, 0.3) is 10.9 Å². The van der Waals surface area contributed by atoms with Gasteiger partial charge in [0.05, 0.1) is 17.2 Å². The van der Waals surface area contributed by atoms with Gasteiger partial charge in [0.15, 0.2) is 5.69 Å². The second-order valence-corrected chi connectivity index (χ2v) is 5.43. The molecule has 8 heteroatoms. The number of para-hydroxylation sites is 1. The molecular weight excluding hydrogens is 335 g/mol. The van der Waals surface area contributed by atoms with E-state index in [2.05, 4.69) is 15.5 Å². The van der Waals surface area contributed by atoms with Crippen LogP contribution >= 0.6 is 0 Å². The summed E-state index contributed by atoms with van der Waals surface area (Å²) < 4.78 is 39.0. The fourth-order valence-electron chi connectivity index (χ4n) is 2.57. The Morgan fingerprint density at radius 3 is 2.60 bits per heavy atom. The van der Waals surface area contributed by atoms with Crippen LogP contribution in [0.5, 0.6) is 0 Å². The Bertz CT molecular complexity index is 905. The van der Waals surface area contributed by atoms with Gasteiger partial charge in [-0.15, -0.1) is 0 Å². The first kappa shape index (κ1) is 17.0. The van der Waals surface area contributed by atoms with Gasteiger partial charge in [-0.3, -0.25) is 9.89 Å². The number of carbonyl (C=O) groups excluding carboxylic acids is 1. The van der Waals surface area contributed by atoms with E-state index in [9.17, 15) is 23.1 Å². The number of hydrogen-bond donors (Lipinski definition) is 3. The molecule has 3 rings (SSSR count). The Kier molecular flexibility index (Phi) is 4.45. The van der Waals surface area contributed by atoms with Gasteiger partial charge in [-0.1, -0.05) is 36.4 Å². The molecule has 0 radical (unpaired) electrons. The van der Waals surface area contributed by atoms with E-state index in [1.807, 2.05) is 0 Å². The SMILES string of the molecule is O=C(NCC(O)c1ccccc1C(F)(F)F)c1n[nH]c2ccccc12. The van der Waals surface area contributed by atoms with Crippen molar-refractivity contribution in [1.82, 2.24) is 15.5 Å². The number of H-pyrrole nitrogens is 1. The minimum absolute atomic E-state index is 0.118. The first-order chi connectivity index (χ1) is 11.9. The van der Waals surface area contributed by atoms with E-state index in [0.717, 1.165) is 6.07 Å². The van der Waals surface area contributed by atoms with Crippen LogP contribution in [-0.4, -0.2) is 27.8 Å². The van der Waals surface area contributed by atoms with Gasteiger partial charge in [0.25, 0.3) is 5.91 Å². The van der Waals surface area contributed by atoms with Crippen molar-refractivity contribution in [2.24, 2.45) is 0 Å². The van der Waals surface area contributed by atoms with Gasteiger partial charge in [-0.2, -0.15) is 18.3 Å². The molecule has 3 aromatic rings. The van der Waals surface area contributed by atoms with Crippen molar-refractivity contribution in [2.45, 2.75) is 12.3 Å². The number of aromatic amines is 1. The van der Waals surface area contributed by atoms with Crippen LogP contribution < -0.4 is 5.32 Å². The van der Waals surface area contributed by atoms with Crippen molar-refractivity contribution in [3.8, 4) is 0 Å². The van der Waals surface area contributed by atoms with Crippen LogP contribution in [0.3, 0.4) is 0 Å². The molecule has 1 amide bonds. The maximum atomic E-state index is 13.0. The number of aliphatic hydroxyl groups is 1. The number of carbonyl (C=O) groups is 1. The Balaban J connectivity index is 1.75. The lowest BCUT2D eigenvalue weighted by Gasteiger charge is -2.17. The summed E-state index contributed by atoms with van der Waals surface area (Å²) in [4.78, 5) is 12.2. The number of nitrogens with one attached hydrogen (secondary N) is 2. The van der Waals surface area contributed by atoms with Crippen LogP contribution in [0, 0.1) is 0 Å². The molecule has 1 aromatic heterocycles. The summed E-state index contributed by atoms with van der Waals surface area (Å²) in [6, 6.07) is 11.7. The molecule has 0 fully saturated rings. The molecule has 0 saturated carbocycles. The molecule has 25 heavy (non-hydrogen) atoms. The molecule has 0 aliphatic carbocycles. The van der Waals surface area contributed by atoms with Crippen molar-refractivity contribution in [1.29, 1.82) is 0 Å². The maximum absolute atomic E-state index is 13.0. The number of benzene rings is 2. The van der Waals surface area contributed by atoms with Crippen LogP contribution in [0.4, 0.5) is 13.2 Å². The molecular formula is C17H14F3N3O2. The molecule has 130 valence electrons. The summed E-state index contributed by atoms with van der Waals surface area (Å²) in [5.41, 5.74) is -0.438. The maximum Gasteiger partial charge on any atom is 0.416 e. The normalized spacial score (nSPS) is 13.0. The minimum atomic E-state index is -4.58. The largest absolute Gasteiger partial charge is 0.416 e. The summed E-state index contributed by atoms with van der Waals surface area (Å²) in [7, 11) is 0. The zero-order valence-electron chi connectivity index (χ0n) is 12.8. The molecule has 5 nitrogen and oxygen atoms in total. The number of nitrogens with zero attached hydrogens (tertiary/aromatic N) is 1. The van der Waals surface area contributed by atoms with Gasteiger partial charge in [0, 0.05) is 11.9 Å². The Hall–Kier alpha value is -2.87. The number of aromatic nitrogens is 2. The lowest BCUT2D eigenvalue weighted by atomic mass is 10.0. The molecule has 0 bridgehead atoms. The third kappa shape index (κ3) is 3.48. The predicted molar refractivity (Wildman–Crippen MR) is 84.8 cm³/mol. The highest BCUT2D eigenvalue weighted by atomic mass is 19.4. The highest BCUT2D eigenvalue weighted by Gasteiger charge is 2.34. The second kappa shape index (κ2) is 6.56. The minimum Gasteiger partial charge on any atom is -0.387 e. The zero-order chi connectivity index (χ0) is 18.0. The van der Waals surface area contributed by atoms with Crippen molar-refractivity contribution in [2.75, 3.05) is 6.54 Å². The monoisotopic (exact) mass is 349 g/mol. The van der Waals surface area contributed by atoms with Gasteiger partial charge >= 0.3 is 6.18 Å². The van der Waals surface area contributed by atoms with E-state index in [0.29, 0.717) is 10.9 Å².